The van der Waals surface area contributed by atoms with Gasteiger partial charge in [0.1, 0.15) is 23.4 Å². The van der Waals surface area contributed by atoms with Crippen LogP contribution in [0.5, 0.6) is 5.75 Å². The van der Waals surface area contributed by atoms with Crippen molar-refractivity contribution < 1.29 is 17.9 Å². The van der Waals surface area contributed by atoms with Crippen molar-refractivity contribution in [1.29, 1.82) is 0 Å². The second-order valence-electron chi connectivity index (χ2n) is 5.72. The normalized spacial score (nSPS) is 16.0. The Labute approximate surface area is 150 Å². The average molecular weight is 375 g/mol. The Morgan fingerprint density at radius 2 is 2.08 bits per heavy atom. The van der Waals surface area contributed by atoms with E-state index >= 15 is 0 Å². The van der Waals surface area contributed by atoms with Crippen LogP contribution < -0.4 is 4.74 Å². The van der Waals surface area contributed by atoms with E-state index in [-0.39, 0.29) is 4.90 Å². The number of hydrogen-bond donors (Lipinski definition) is 1. The van der Waals surface area contributed by atoms with Gasteiger partial charge in [0.15, 0.2) is 5.65 Å². The molecule has 26 heavy (non-hydrogen) atoms. The number of H-pyrrole nitrogens is 1. The minimum Gasteiger partial charge on any atom is -0.496 e. The lowest BCUT2D eigenvalue weighted by molar-refractivity contribution is 0.0730. The number of methoxy groups -OCH3 is 1. The zero-order valence-corrected chi connectivity index (χ0v) is 14.9. The minimum absolute atomic E-state index is 0.177. The number of morpholine rings is 1. The van der Waals surface area contributed by atoms with Crippen molar-refractivity contribution in [3.63, 3.8) is 0 Å². The molecule has 1 N–H and O–H groups in total. The number of imidazole rings is 1. The van der Waals surface area contributed by atoms with Gasteiger partial charge in [-0.2, -0.15) is 4.31 Å². The fraction of sp³-hybridized carbons (Fsp3) is 0.312. The van der Waals surface area contributed by atoms with Gasteiger partial charge in [0.05, 0.1) is 37.0 Å². The van der Waals surface area contributed by atoms with E-state index < -0.39 is 10.0 Å². The van der Waals surface area contributed by atoms with Gasteiger partial charge >= 0.3 is 0 Å². The first-order valence-electron chi connectivity index (χ1n) is 8.01. The van der Waals surface area contributed by atoms with Gasteiger partial charge in [-0.15, -0.1) is 0 Å². The number of aromatic nitrogens is 4. The Morgan fingerprint density at radius 1 is 1.27 bits per heavy atom. The molecule has 1 fully saturated rings. The second-order valence-corrected chi connectivity index (χ2v) is 7.66. The number of aromatic amines is 1. The number of rotatable bonds is 4. The fourth-order valence-corrected chi connectivity index (χ4v) is 4.28. The van der Waals surface area contributed by atoms with Crippen molar-refractivity contribution >= 4 is 21.2 Å². The van der Waals surface area contributed by atoms with Crippen molar-refractivity contribution in [3.8, 4) is 17.1 Å². The maximum Gasteiger partial charge on any atom is 0.243 e. The molecule has 4 rings (SSSR count). The average Bonchev–Trinajstić information content (AvgIpc) is 3.12. The first-order chi connectivity index (χ1) is 12.6. The van der Waals surface area contributed by atoms with E-state index in [1.165, 1.54) is 23.8 Å². The Bertz CT molecular complexity index is 1010. The number of hydrogen-bond acceptors (Lipinski definition) is 7. The van der Waals surface area contributed by atoms with Crippen LogP contribution in [0.15, 0.2) is 35.6 Å². The number of nitrogens with zero attached hydrogens (tertiary/aromatic N) is 4. The molecular weight excluding hydrogens is 358 g/mol. The Kier molecular flexibility index (Phi) is 4.31. The first kappa shape index (κ1) is 16.9. The maximum atomic E-state index is 12.8. The van der Waals surface area contributed by atoms with Gasteiger partial charge < -0.3 is 14.5 Å². The fourth-order valence-electron chi connectivity index (χ4n) is 2.85. The number of ether oxygens (including phenoxy) is 2. The lowest BCUT2D eigenvalue weighted by Gasteiger charge is -2.26. The van der Waals surface area contributed by atoms with Gasteiger partial charge in [-0.3, -0.25) is 0 Å². The Hall–Kier alpha value is -2.56. The molecule has 1 saturated heterocycles. The Balaban J connectivity index is 1.74. The predicted octanol–water partition coefficient (Wildman–Crippen LogP) is 1.05. The molecule has 2 aromatic heterocycles. The van der Waals surface area contributed by atoms with Gasteiger partial charge in [0, 0.05) is 19.2 Å². The van der Waals surface area contributed by atoms with Crippen LogP contribution in [0, 0.1) is 0 Å². The summed E-state index contributed by atoms with van der Waals surface area (Å²) < 4.78 is 37.7. The van der Waals surface area contributed by atoms with E-state index in [1.807, 2.05) is 0 Å². The molecule has 0 amide bonds. The SMILES string of the molecule is COc1cc(S(=O)(=O)N2CCOCC2)ccc1-c1nc2ncncc2[nH]1. The zero-order chi connectivity index (χ0) is 18.1. The summed E-state index contributed by atoms with van der Waals surface area (Å²) in [5.41, 5.74) is 1.86. The molecule has 0 saturated carbocycles. The van der Waals surface area contributed by atoms with Crippen LogP contribution >= 0.6 is 0 Å². The van der Waals surface area contributed by atoms with Gasteiger partial charge in [-0.1, -0.05) is 0 Å². The Morgan fingerprint density at radius 3 is 2.81 bits per heavy atom. The van der Waals surface area contributed by atoms with Gasteiger partial charge in [0.25, 0.3) is 0 Å². The summed E-state index contributed by atoms with van der Waals surface area (Å²) in [5, 5.41) is 0. The molecule has 0 unspecified atom stereocenters. The molecule has 0 bridgehead atoms. The minimum atomic E-state index is -3.60. The molecule has 1 aromatic carbocycles. The highest BCUT2D eigenvalue weighted by atomic mass is 32.2. The van der Waals surface area contributed by atoms with E-state index in [4.69, 9.17) is 9.47 Å². The molecule has 1 aliphatic rings. The highest BCUT2D eigenvalue weighted by molar-refractivity contribution is 7.89. The van der Waals surface area contributed by atoms with Crippen LogP contribution in [-0.2, 0) is 14.8 Å². The number of nitrogens with one attached hydrogen (secondary N) is 1. The third-order valence-corrected chi connectivity index (χ3v) is 6.09. The highest BCUT2D eigenvalue weighted by Crippen LogP contribution is 2.32. The monoisotopic (exact) mass is 375 g/mol. The second kappa shape index (κ2) is 6.63. The lowest BCUT2D eigenvalue weighted by Crippen LogP contribution is -2.40. The van der Waals surface area contributed by atoms with Gasteiger partial charge in [-0.25, -0.2) is 23.4 Å². The van der Waals surface area contributed by atoms with Crippen LogP contribution in [-0.4, -0.2) is 66.1 Å². The zero-order valence-electron chi connectivity index (χ0n) is 14.0. The summed E-state index contributed by atoms with van der Waals surface area (Å²) in [5.74, 6) is 0.944. The summed E-state index contributed by atoms with van der Waals surface area (Å²) in [7, 11) is -2.11. The van der Waals surface area contributed by atoms with Crippen molar-refractivity contribution in [1.82, 2.24) is 24.2 Å². The summed E-state index contributed by atoms with van der Waals surface area (Å²) in [6.45, 7) is 1.48. The van der Waals surface area contributed by atoms with E-state index in [0.717, 1.165) is 0 Å². The molecule has 3 heterocycles. The van der Waals surface area contributed by atoms with Gasteiger partial charge in [-0.05, 0) is 12.1 Å². The third kappa shape index (κ3) is 2.91. The van der Waals surface area contributed by atoms with Crippen molar-refractivity contribution in [2.45, 2.75) is 4.90 Å². The smallest absolute Gasteiger partial charge is 0.243 e. The number of fused-ring (bicyclic) bond motifs is 1. The van der Waals surface area contributed by atoms with Gasteiger partial charge in [0.2, 0.25) is 10.0 Å². The van der Waals surface area contributed by atoms with E-state index in [9.17, 15) is 8.42 Å². The summed E-state index contributed by atoms with van der Waals surface area (Å²) in [6.07, 6.45) is 3.05. The maximum absolute atomic E-state index is 12.8. The van der Waals surface area contributed by atoms with Crippen molar-refractivity contribution in [3.05, 3.63) is 30.7 Å². The van der Waals surface area contributed by atoms with Crippen molar-refractivity contribution in [2.24, 2.45) is 0 Å². The molecule has 1 aliphatic heterocycles. The quantitative estimate of drug-likeness (QED) is 0.725. The molecule has 3 aromatic rings. The summed E-state index contributed by atoms with van der Waals surface area (Å²) >= 11 is 0. The van der Waals surface area contributed by atoms with Crippen LogP contribution in [0.1, 0.15) is 0 Å². The summed E-state index contributed by atoms with van der Waals surface area (Å²) in [6, 6.07) is 4.75. The van der Waals surface area contributed by atoms with Crippen molar-refractivity contribution in [2.75, 3.05) is 33.4 Å². The molecule has 0 radical (unpaired) electrons. The molecule has 136 valence electrons. The lowest BCUT2D eigenvalue weighted by atomic mass is 10.2. The molecular formula is C16H17N5O4S. The highest BCUT2D eigenvalue weighted by Gasteiger charge is 2.27. The molecule has 9 nitrogen and oxygen atoms in total. The molecule has 10 heteroatoms. The molecule has 0 spiro atoms. The number of benzene rings is 1. The van der Waals surface area contributed by atoms with E-state index in [1.54, 1.807) is 18.3 Å². The standard InChI is InChI=1S/C16H17N5O4S/c1-24-14-8-11(26(22,23)21-4-6-25-7-5-21)2-3-12(14)15-19-13-9-17-10-18-16(13)20-15/h2-3,8-10H,4-7H2,1H3,(H,17,18,19,20). The predicted molar refractivity (Wildman–Crippen MR) is 93.2 cm³/mol. The van der Waals surface area contributed by atoms with Crippen LogP contribution in [0.3, 0.4) is 0 Å². The van der Waals surface area contributed by atoms with E-state index in [2.05, 4.69) is 19.9 Å². The third-order valence-electron chi connectivity index (χ3n) is 4.20. The first-order valence-corrected chi connectivity index (χ1v) is 9.45. The molecule has 0 aliphatic carbocycles. The number of sulfonamides is 1. The van der Waals surface area contributed by atoms with Crippen LogP contribution in [0.25, 0.3) is 22.6 Å². The molecule has 0 atom stereocenters. The van der Waals surface area contributed by atoms with E-state index in [0.29, 0.717) is 54.6 Å². The largest absolute Gasteiger partial charge is 0.496 e. The van der Waals surface area contributed by atoms with Crippen LogP contribution in [0.4, 0.5) is 0 Å². The van der Waals surface area contributed by atoms with Crippen LogP contribution in [0.2, 0.25) is 0 Å². The topological polar surface area (TPSA) is 110 Å². The summed E-state index contributed by atoms with van der Waals surface area (Å²) in [4.78, 5) is 15.7.